The van der Waals surface area contributed by atoms with Crippen molar-refractivity contribution in [2.45, 2.75) is 47.0 Å². The number of nitrogens with one attached hydrogen (secondary N) is 1. The van der Waals surface area contributed by atoms with Crippen LogP contribution in [0.15, 0.2) is 18.6 Å². The zero-order valence-corrected chi connectivity index (χ0v) is 13.2. The molecular formula is C15H24N4O2. The van der Waals surface area contributed by atoms with E-state index < -0.39 is 0 Å². The molecule has 6 nitrogen and oxygen atoms in total. The van der Waals surface area contributed by atoms with Crippen LogP contribution in [-0.4, -0.2) is 21.8 Å². The summed E-state index contributed by atoms with van der Waals surface area (Å²) >= 11 is 0. The van der Waals surface area contributed by atoms with Gasteiger partial charge in [-0.05, 0) is 12.3 Å². The molecule has 0 saturated carbocycles. The van der Waals surface area contributed by atoms with Crippen LogP contribution in [0.5, 0.6) is 0 Å². The van der Waals surface area contributed by atoms with Gasteiger partial charge in [-0.15, -0.1) is 0 Å². The van der Waals surface area contributed by atoms with Gasteiger partial charge in [0.1, 0.15) is 0 Å². The summed E-state index contributed by atoms with van der Waals surface area (Å²) in [6.07, 6.45) is 7.28. The number of anilines is 1. The standard InChI is InChI=1S/C15H24N4O2/c1-5-6-7-13(11(2)3)15(21)19(18-12(4)20)14-10-16-8-9-17-14/h8-11,13H,5-7H2,1-4H3,(H,18,20). The second-order valence-electron chi connectivity index (χ2n) is 5.40. The lowest BCUT2D eigenvalue weighted by Gasteiger charge is -2.28. The topological polar surface area (TPSA) is 75.2 Å². The number of hydrazine groups is 1. The van der Waals surface area contributed by atoms with Crippen LogP contribution < -0.4 is 10.4 Å². The zero-order valence-electron chi connectivity index (χ0n) is 13.2. The van der Waals surface area contributed by atoms with Gasteiger partial charge in [0, 0.05) is 25.2 Å². The number of hydrogen-bond donors (Lipinski definition) is 1. The summed E-state index contributed by atoms with van der Waals surface area (Å²) in [7, 11) is 0. The molecule has 0 aliphatic rings. The van der Waals surface area contributed by atoms with E-state index in [4.69, 9.17) is 0 Å². The van der Waals surface area contributed by atoms with E-state index in [0.29, 0.717) is 5.82 Å². The second kappa shape index (κ2) is 8.34. The van der Waals surface area contributed by atoms with E-state index in [-0.39, 0.29) is 23.7 Å². The Morgan fingerprint density at radius 1 is 1.33 bits per heavy atom. The predicted octanol–water partition coefficient (Wildman–Crippen LogP) is 2.32. The number of rotatable bonds is 6. The van der Waals surface area contributed by atoms with Crippen LogP contribution in [0.4, 0.5) is 5.82 Å². The average molecular weight is 292 g/mol. The predicted molar refractivity (Wildman–Crippen MR) is 81.2 cm³/mol. The lowest BCUT2D eigenvalue weighted by molar-refractivity contribution is -0.128. The average Bonchev–Trinajstić information content (AvgIpc) is 2.45. The SMILES string of the molecule is CCCCC(C(=O)N(NC(C)=O)c1cnccn1)C(C)C. The second-order valence-corrected chi connectivity index (χ2v) is 5.40. The van der Waals surface area contributed by atoms with Crippen LogP contribution in [0.2, 0.25) is 0 Å². The minimum Gasteiger partial charge on any atom is -0.274 e. The van der Waals surface area contributed by atoms with Crippen molar-refractivity contribution in [2.24, 2.45) is 11.8 Å². The first kappa shape index (κ1) is 17.1. The van der Waals surface area contributed by atoms with Crippen molar-refractivity contribution in [1.82, 2.24) is 15.4 Å². The number of carbonyl (C=O) groups excluding carboxylic acids is 2. The lowest BCUT2D eigenvalue weighted by atomic mass is 9.89. The molecule has 1 N–H and O–H groups in total. The monoisotopic (exact) mass is 292 g/mol. The largest absolute Gasteiger partial charge is 0.274 e. The Bertz CT molecular complexity index is 462. The summed E-state index contributed by atoms with van der Waals surface area (Å²) in [5.41, 5.74) is 2.55. The summed E-state index contributed by atoms with van der Waals surface area (Å²) in [5, 5.41) is 1.22. The van der Waals surface area contributed by atoms with Crippen molar-refractivity contribution >= 4 is 17.6 Å². The number of carbonyl (C=O) groups is 2. The van der Waals surface area contributed by atoms with E-state index in [9.17, 15) is 9.59 Å². The van der Waals surface area contributed by atoms with E-state index in [1.54, 1.807) is 0 Å². The normalized spacial score (nSPS) is 12.0. The Balaban J connectivity index is 3.00. The summed E-state index contributed by atoms with van der Waals surface area (Å²) in [4.78, 5) is 32.2. The van der Waals surface area contributed by atoms with E-state index >= 15 is 0 Å². The van der Waals surface area contributed by atoms with Gasteiger partial charge < -0.3 is 0 Å². The number of unbranched alkanes of at least 4 members (excludes halogenated alkanes) is 1. The number of amides is 2. The highest BCUT2D eigenvalue weighted by molar-refractivity contribution is 5.96. The van der Waals surface area contributed by atoms with Crippen molar-refractivity contribution in [3.63, 3.8) is 0 Å². The quantitative estimate of drug-likeness (QED) is 0.816. The smallest absolute Gasteiger partial charge is 0.250 e. The molecule has 116 valence electrons. The lowest BCUT2D eigenvalue weighted by Crippen LogP contribution is -2.49. The van der Waals surface area contributed by atoms with Crippen LogP contribution in [0.3, 0.4) is 0 Å². The van der Waals surface area contributed by atoms with E-state index in [1.807, 2.05) is 13.8 Å². The maximum Gasteiger partial charge on any atom is 0.250 e. The highest BCUT2D eigenvalue weighted by Gasteiger charge is 2.29. The molecule has 6 heteroatoms. The van der Waals surface area contributed by atoms with Crippen LogP contribution in [0.25, 0.3) is 0 Å². The summed E-state index contributed by atoms with van der Waals surface area (Å²) < 4.78 is 0. The van der Waals surface area contributed by atoms with Crippen molar-refractivity contribution in [2.75, 3.05) is 5.01 Å². The third-order valence-electron chi connectivity index (χ3n) is 3.26. The molecule has 0 spiro atoms. The number of aromatic nitrogens is 2. The van der Waals surface area contributed by atoms with Gasteiger partial charge in [-0.3, -0.25) is 20.0 Å². The van der Waals surface area contributed by atoms with Gasteiger partial charge in [-0.2, -0.15) is 0 Å². The molecule has 21 heavy (non-hydrogen) atoms. The molecule has 0 aliphatic carbocycles. The van der Waals surface area contributed by atoms with Crippen molar-refractivity contribution in [1.29, 1.82) is 0 Å². The maximum absolute atomic E-state index is 12.8. The third-order valence-corrected chi connectivity index (χ3v) is 3.26. The van der Waals surface area contributed by atoms with Crippen molar-refractivity contribution < 1.29 is 9.59 Å². The highest BCUT2D eigenvalue weighted by atomic mass is 16.2. The zero-order chi connectivity index (χ0) is 15.8. The van der Waals surface area contributed by atoms with Crippen molar-refractivity contribution in [3.8, 4) is 0 Å². The van der Waals surface area contributed by atoms with E-state index in [2.05, 4.69) is 22.3 Å². The molecule has 1 atom stereocenters. The molecule has 1 aromatic rings. The summed E-state index contributed by atoms with van der Waals surface area (Å²) in [5.74, 6) is -0.0863. The highest BCUT2D eigenvalue weighted by Crippen LogP contribution is 2.22. The number of nitrogens with zero attached hydrogens (tertiary/aromatic N) is 3. The van der Waals surface area contributed by atoms with Gasteiger partial charge in [0.05, 0.1) is 6.20 Å². The summed E-state index contributed by atoms with van der Waals surface area (Å²) in [6, 6.07) is 0. The fourth-order valence-electron chi connectivity index (χ4n) is 2.12. The Labute approximate surface area is 125 Å². The Morgan fingerprint density at radius 2 is 2.05 bits per heavy atom. The molecule has 0 aromatic carbocycles. The molecule has 0 aliphatic heterocycles. The minimum atomic E-state index is -0.313. The molecular weight excluding hydrogens is 268 g/mol. The molecule has 0 bridgehead atoms. The summed E-state index contributed by atoms with van der Waals surface area (Å²) in [6.45, 7) is 7.49. The third kappa shape index (κ3) is 5.13. The first-order valence-electron chi connectivity index (χ1n) is 7.34. The molecule has 1 heterocycles. The van der Waals surface area contributed by atoms with E-state index in [0.717, 1.165) is 19.3 Å². The minimum absolute atomic E-state index is 0.144. The van der Waals surface area contributed by atoms with Gasteiger partial charge in [-0.25, -0.2) is 9.99 Å². The molecule has 0 radical (unpaired) electrons. The van der Waals surface area contributed by atoms with Gasteiger partial charge >= 0.3 is 0 Å². The van der Waals surface area contributed by atoms with Gasteiger partial charge in [0.25, 0.3) is 5.91 Å². The molecule has 1 rings (SSSR count). The van der Waals surface area contributed by atoms with Crippen LogP contribution in [-0.2, 0) is 9.59 Å². The Morgan fingerprint density at radius 3 is 2.52 bits per heavy atom. The fraction of sp³-hybridized carbons (Fsp3) is 0.600. The van der Waals surface area contributed by atoms with Crippen LogP contribution in [0.1, 0.15) is 47.0 Å². The Hall–Kier alpha value is -1.98. The Kier molecular flexibility index (Phi) is 6.78. The first-order valence-corrected chi connectivity index (χ1v) is 7.34. The van der Waals surface area contributed by atoms with Crippen LogP contribution >= 0.6 is 0 Å². The van der Waals surface area contributed by atoms with E-state index in [1.165, 1.54) is 30.5 Å². The molecule has 0 fully saturated rings. The molecule has 1 unspecified atom stereocenters. The van der Waals surface area contributed by atoms with Crippen molar-refractivity contribution in [3.05, 3.63) is 18.6 Å². The number of hydrogen-bond acceptors (Lipinski definition) is 4. The maximum atomic E-state index is 12.8. The van der Waals surface area contributed by atoms with Crippen LogP contribution in [0, 0.1) is 11.8 Å². The molecule has 0 saturated heterocycles. The first-order chi connectivity index (χ1) is 9.97. The molecule has 1 aromatic heterocycles. The molecule has 2 amide bonds. The fourth-order valence-corrected chi connectivity index (χ4v) is 2.12. The van der Waals surface area contributed by atoms with Gasteiger partial charge in [-0.1, -0.05) is 33.6 Å². The van der Waals surface area contributed by atoms with Gasteiger partial charge in [0.2, 0.25) is 5.91 Å². The van der Waals surface area contributed by atoms with Gasteiger partial charge in [0.15, 0.2) is 5.82 Å².